The lowest BCUT2D eigenvalue weighted by Gasteiger charge is -2.08. The summed E-state index contributed by atoms with van der Waals surface area (Å²) in [7, 11) is 0. The van der Waals surface area contributed by atoms with Gasteiger partial charge in [0.05, 0.1) is 16.8 Å². The first-order chi connectivity index (χ1) is 9.11. The number of carboxylic acids is 1. The van der Waals surface area contributed by atoms with E-state index in [1.165, 1.54) is 11.3 Å². The Morgan fingerprint density at radius 2 is 2.32 bits per heavy atom. The van der Waals surface area contributed by atoms with E-state index in [1.54, 1.807) is 11.4 Å². The normalized spacial score (nSPS) is 9.89. The highest BCUT2D eigenvalue weighted by molar-refractivity contribution is 7.10. The fourth-order valence-electron chi connectivity index (χ4n) is 1.73. The van der Waals surface area contributed by atoms with Gasteiger partial charge in [-0.15, -0.1) is 11.3 Å². The van der Waals surface area contributed by atoms with Gasteiger partial charge < -0.3 is 10.4 Å². The number of rotatable bonds is 4. The molecule has 2 aromatic rings. The van der Waals surface area contributed by atoms with Crippen molar-refractivity contribution in [2.45, 2.75) is 13.5 Å². The van der Waals surface area contributed by atoms with Gasteiger partial charge in [-0.3, -0.25) is 0 Å². The van der Waals surface area contributed by atoms with E-state index in [0.29, 0.717) is 17.7 Å². The molecule has 1 aromatic heterocycles. The average molecular weight is 272 g/mol. The SMILES string of the molecule is Cc1cccc(NCc2cc(C(=O)O)cs2)c1C#N. The molecule has 0 spiro atoms. The Morgan fingerprint density at radius 1 is 1.53 bits per heavy atom. The molecular formula is C14H12N2O2S. The summed E-state index contributed by atoms with van der Waals surface area (Å²) in [5.74, 6) is -0.921. The molecular weight excluding hydrogens is 260 g/mol. The summed E-state index contributed by atoms with van der Waals surface area (Å²) in [6.45, 7) is 2.40. The summed E-state index contributed by atoms with van der Waals surface area (Å²) >= 11 is 1.39. The molecule has 0 bridgehead atoms. The molecule has 5 heteroatoms. The van der Waals surface area contributed by atoms with Crippen LogP contribution >= 0.6 is 11.3 Å². The molecule has 0 saturated carbocycles. The Labute approximate surface area is 114 Å². The summed E-state index contributed by atoms with van der Waals surface area (Å²) < 4.78 is 0. The molecule has 0 unspecified atom stereocenters. The second-order valence-corrected chi connectivity index (χ2v) is 5.07. The van der Waals surface area contributed by atoms with Crippen LogP contribution in [0.4, 0.5) is 5.69 Å². The second kappa shape index (κ2) is 5.55. The smallest absolute Gasteiger partial charge is 0.336 e. The fraction of sp³-hybridized carbons (Fsp3) is 0.143. The molecule has 96 valence electrons. The predicted molar refractivity (Wildman–Crippen MR) is 74.5 cm³/mol. The number of nitriles is 1. The van der Waals surface area contributed by atoms with Gasteiger partial charge in [-0.1, -0.05) is 12.1 Å². The van der Waals surface area contributed by atoms with Crippen LogP contribution in [0.5, 0.6) is 0 Å². The molecule has 0 aliphatic carbocycles. The maximum atomic E-state index is 10.8. The van der Waals surface area contributed by atoms with Crippen molar-refractivity contribution >= 4 is 23.0 Å². The van der Waals surface area contributed by atoms with Gasteiger partial charge in [-0.2, -0.15) is 5.26 Å². The summed E-state index contributed by atoms with van der Waals surface area (Å²) in [5.41, 5.74) is 2.61. The first kappa shape index (κ1) is 13.1. The van der Waals surface area contributed by atoms with Gasteiger partial charge in [0, 0.05) is 16.8 Å². The van der Waals surface area contributed by atoms with Crippen LogP contribution in [0.1, 0.15) is 26.4 Å². The highest BCUT2D eigenvalue weighted by Gasteiger charge is 2.08. The van der Waals surface area contributed by atoms with Crippen LogP contribution in [0, 0.1) is 18.3 Å². The van der Waals surface area contributed by atoms with E-state index in [-0.39, 0.29) is 0 Å². The van der Waals surface area contributed by atoms with E-state index in [2.05, 4.69) is 11.4 Å². The van der Waals surface area contributed by atoms with E-state index in [9.17, 15) is 4.79 Å². The number of anilines is 1. The third-order valence-corrected chi connectivity index (χ3v) is 3.68. The van der Waals surface area contributed by atoms with Crippen LogP contribution in [0.25, 0.3) is 0 Å². The lowest BCUT2D eigenvalue weighted by Crippen LogP contribution is -2.01. The van der Waals surface area contributed by atoms with Crippen molar-refractivity contribution in [1.82, 2.24) is 0 Å². The number of carboxylic acid groups (broad SMARTS) is 1. The van der Waals surface area contributed by atoms with Crippen molar-refractivity contribution in [3.8, 4) is 6.07 Å². The molecule has 0 atom stereocenters. The van der Waals surface area contributed by atoms with Gasteiger partial charge >= 0.3 is 5.97 Å². The van der Waals surface area contributed by atoms with E-state index in [4.69, 9.17) is 10.4 Å². The number of hydrogen-bond acceptors (Lipinski definition) is 4. The number of benzene rings is 1. The van der Waals surface area contributed by atoms with Gasteiger partial charge in [0.2, 0.25) is 0 Å². The quantitative estimate of drug-likeness (QED) is 0.896. The topological polar surface area (TPSA) is 73.1 Å². The monoisotopic (exact) mass is 272 g/mol. The van der Waals surface area contributed by atoms with Crippen LogP contribution < -0.4 is 5.32 Å². The number of hydrogen-bond donors (Lipinski definition) is 2. The number of nitrogens with zero attached hydrogens (tertiary/aromatic N) is 1. The minimum atomic E-state index is -0.921. The van der Waals surface area contributed by atoms with E-state index in [1.807, 2.05) is 25.1 Å². The molecule has 0 radical (unpaired) electrons. The average Bonchev–Trinajstić information content (AvgIpc) is 2.85. The number of aromatic carboxylic acids is 1. The van der Waals surface area contributed by atoms with Crippen LogP contribution in [0.2, 0.25) is 0 Å². The van der Waals surface area contributed by atoms with Crippen molar-refractivity contribution in [3.05, 3.63) is 51.2 Å². The van der Waals surface area contributed by atoms with Gasteiger partial charge in [0.15, 0.2) is 0 Å². The molecule has 2 rings (SSSR count). The van der Waals surface area contributed by atoms with Crippen molar-refractivity contribution in [2.24, 2.45) is 0 Å². The van der Waals surface area contributed by atoms with E-state index >= 15 is 0 Å². The standard InChI is InChI=1S/C14H12N2O2S/c1-9-3-2-4-13(12(9)6-15)16-7-11-5-10(8-19-11)14(17)18/h2-5,8,16H,7H2,1H3,(H,17,18). The number of carbonyl (C=O) groups is 1. The maximum absolute atomic E-state index is 10.8. The van der Waals surface area contributed by atoms with E-state index < -0.39 is 5.97 Å². The molecule has 0 aliphatic rings. The summed E-state index contributed by atoms with van der Waals surface area (Å²) in [4.78, 5) is 11.7. The van der Waals surface area contributed by atoms with Crippen LogP contribution in [-0.4, -0.2) is 11.1 Å². The third kappa shape index (κ3) is 2.92. The fourth-order valence-corrected chi connectivity index (χ4v) is 2.53. The summed E-state index contributed by atoms with van der Waals surface area (Å²) in [6.07, 6.45) is 0. The minimum Gasteiger partial charge on any atom is -0.478 e. The second-order valence-electron chi connectivity index (χ2n) is 4.07. The third-order valence-electron chi connectivity index (χ3n) is 2.74. The molecule has 19 heavy (non-hydrogen) atoms. The van der Waals surface area contributed by atoms with E-state index in [0.717, 1.165) is 16.1 Å². The molecule has 2 N–H and O–H groups in total. The zero-order chi connectivity index (χ0) is 13.8. The van der Waals surface area contributed by atoms with Crippen molar-refractivity contribution in [1.29, 1.82) is 5.26 Å². The highest BCUT2D eigenvalue weighted by atomic mass is 32.1. The number of aryl methyl sites for hydroxylation is 1. The zero-order valence-corrected chi connectivity index (χ0v) is 11.1. The van der Waals surface area contributed by atoms with Crippen LogP contribution in [0.15, 0.2) is 29.6 Å². The molecule has 0 amide bonds. The molecule has 0 saturated heterocycles. The summed E-state index contributed by atoms with van der Waals surface area (Å²) in [5, 5.41) is 22.7. The molecule has 1 heterocycles. The van der Waals surface area contributed by atoms with Crippen molar-refractivity contribution in [3.63, 3.8) is 0 Å². The van der Waals surface area contributed by atoms with Gasteiger partial charge in [-0.25, -0.2) is 4.79 Å². The number of nitrogens with one attached hydrogen (secondary N) is 1. The van der Waals surface area contributed by atoms with Crippen molar-refractivity contribution < 1.29 is 9.90 Å². The molecule has 0 aliphatic heterocycles. The first-order valence-corrected chi connectivity index (χ1v) is 6.54. The van der Waals surface area contributed by atoms with Crippen LogP contribution in [-0.2, 0) is 6.54 Å². The Bertz CT molecular complexity index is 656. The van der Waals surface area contributed by atoms with Gasteiger partial charge in [0.25, 0.3) is 0 Å². The molecule has 4 nitrogen and oxygen atoms in total. The Kier molecular flexibility index (Phi) is 3.83. The molecule has 1 aromatic carbocycles. The number of thiophene rings is 1. The minimum absolute atomic E-state index is 0.298. The lowest BCUT2D eigenvalue weighted by atomic mass is 10.1. The van der Waals surface area contributed by atoms with Gasteiger partial charge in [-0.05, 0) is 24.6 Å². The lowest BCUT2D eigenvalue weighted by molar-refractivity contribution is 0.0697. The highest BCUT2D eigenvalue weighted by Crippen LogP contribution is 2.21. The largest absolute Gasteiger partial charge is 0.478 e. The first-order valence-electron chi connectivity index (χ1n) is 5.66. The molecule has 0 fully saturated rings. The van der Waals surface area contributed by atoms with Gasteiger partial charge in [0.1, 0.15) is 6.07 Å². The zero-order valence-electron chi connectivity index (χ0n) is 10.3. The Hall–Kier alpha value is -2.32. The van der Waals surface area contributed by atoms with Crippen molar-refractivity contribution in [2.75, 3.05) is 5.32 Å². The van der Waals surface area contributed by atoms with Crippen LogP contribution in [0.3, 0.4) is 0 Å². The maximum Gasteiger partial charge on any atom is 0.336 e. The Morgan fingerprint density at radius 3 is 2.95 bits per heavy atom. The summed E-state index contributed by atoms with van der Waals surface area (Å²) in [6, 6.07) is 9.43. The predicted octanol–water partition coefficient (Wildman–Crippen LogP) is 3.24. The Balaban J connectivity index is 2.12.